The standard InChI is InChI=1S/C18H19O7P/c1-17(2)13(19)7-8-18(3)12-9-10(24-4)5-6-11(12)14(20)15(16(17)18)25-26(21,22)23/h5-9H,1-4H3,(H2,21,22,23)/t18-/m0/s1. The van der Waals surface area contributed by atoms with Gasteiger partial charge < -0.3 is 9.26 Å². The Morgan fingerprint density at radius 2 is 1.77 bits per heavy atom. The van der Waals surface area contributed by atoms with Crippen molar-refractivity contribution < 1.29 is 33.2 Å². The fraction of sp³-hybridized carbons (Fsp3) is 0.333. The Hall–Kier alpha value is -2.21. The van der Waals surface area contributed by atoms with Crippen LogP contribution in [0.5, 0.6) is 5.75 Å². The Balaban J connectivity index is 2.41. The predicted molar refractivity (Wildman–Crippen MR) is 92.8 cm³/mol. The molecule has 0 unspecified atom stereocenters. The lowest BCUT2D eigenvalue weighted by molar-refractivity contribution is -0.121. The van der Waals surface area contributed by atoms with Gasteiger partial charge in [-0.05, 0) is 50.6 Å². The minimum Gasteiger partial charge on any atom is -0.497 e. The highest BCUT2D eigenvalue weighted by Gasteiger charge is 2.53. The Kier molecular flexibility index (Phi) is 4.03. The average molecular weight is 378 g/mol. The van der Waals surface area contributed by atoms with E-state index in [-0.39, 0.29) is 16.9 Å². The minimum atomic E-state index is -5.01. The van der Waals surface area contributed by atoms with Gasteiger partial charge in [0.25, 0.3) is 0 Å². The van der Waals surface area contributed by atoms with Crippen LogP contribution in [0.15, 0.2) is 41.7 Å². The molecule has 2 N–H and O–H groups in total. The van der Waals surface area contributed by atoms with Gasteiger partial charge in [0, 0.05) is 16.6 Å². The van der Waals surface area contributed by atoms with Crippen LogP contribution >= 0.6 is 7.82 Å². The molecule has 0 fully saturated rings. The van der Waals surface area contributed by atoms with Crippen LogP contribution < -0.4 is 4.74 Å². The van der Waals surface area contributed by atoms with E-state index in [1.54, 1.807) is 39.0 Å². The summed E-state index contributed by atoms with van der Waals surface area (Å²) in [5.41, 5.74) is -1.07. The molecule has 138 valence electrons. The van der Waals surface area contributed by atoms with Crippen molar-refractivity contribution >= 4 is 19.4 Å². The van der Waals surface area contributed by atoms with Gasteiger partial charge in [-0.25, -0.2) is 4.57 Å². The van der Waals surface area contributed by atoms with Crippen molar-refractivity contribution in [3.8, 4) is 5.75 Å². The number of hydrogen-bond acceptors (Lipinski definition) is 5. The summed E-state index contributed by atoms with van der Waals surface area (Å²) in [6.07, 6.45) is 3.06. The molecule has 3 rings (SSSR count). The number of carbonyl (C=O) groups excluding carboxylic acids is 2. The third kappa shape index (κ3) is 2.63. The number of phosphoric acid groups is 1. The maximum atomic E-state index is 13.0. The van der Waals surface area contributed by atoms with E-state index >= 15 is 0 Å². The normalized spacial score (nSPS) is 24.2. The van der Waals surface area contributed by atoms with E-state index in [1.807, 2.05) is 0 Å². The largest absolute Gasteiger partial charge is 0.524 e. The van der Waals surface area contributed by atoms with Crippen LogP contribution in [0.25, 0.3) is 0 Å². The van der Waals surface area contributed by atoms with E-state index in [0.29, 0.717) is 11.3 Å². The first-order valence-electron chi connectivity index (χ1n) is 7.89. The highest BCUT2D eigenvalue weighted by atomic mass is 31.2. The van der Waals surface area contributed by atoms with E-state index in [4.69, 9.17) is 9.26 Å². The van der Waals surface area contributed by atoms with Crippen LogP contribution in [0, 0.1) is 5.41 Å². The van der Waals surface area contributed by atoms with Crippen LogP contribution in [-0.4, -0.2) is 28.5 Å². The maximum absolute atomic E-state index is 13.0. The summed E-state index contributed by atoms with van der Waals surface area (Å²) in [6.45, 7) is 4.99. The van der Waals surface area contributed by atoms with E-state index in [9.17, 15) is 23.9 Å². The van der Waals surface area contributed by atoms with Gasteiger partial charge in [-0.1, -0.05) is 6.08 Å². The van der Waals surface area contributed by atoms with Crippen LogP contribution in [0.2, 0.25) is 0 Å². The molecule has 0 radical (unpaired) electrons. The van der Waals surface area contributed by atoms with Crippen molar-refractivity contribution in [2.45, 2.75) is 26.2 Å². The van der Waals surface area contributed by atoms with Crippen molar-refractivity contribution in [2.24, 2.45) is 5.41 Å². The number of methoxy groups -OCH3 is 1. The zero-order valence-corrected chi connectivity index (χ0v) is 15.7. The summed E-state index contributed by atoms with van der Waals surface area (Å²) in [7, 11) is -3.51. The van der Waals surface area contributed by atoms with Crippen LogP contribution in [0.1, 0.15) is 36.7 Å². The second-order valence-electron chi connectivity index (χ2n) is 7.05. The van der Waals surface area contributed by atoms with Crippen molar-refractivity contribution in [1.82, 2.24) is 0 Å². The van der Waals surface area contributed by atoms with Crippen LogP contribution in [0.3, 0.4) is 0 Å². The molecule has 0 aliphatic heterocycles. The van der Waals surface area contributed by atoms with Crippen molar-refractivity contribution in [1.29, 1.82) is 0 Å². The minimum absolute atomic E-state index is 0.228. The second kappa shape index (κ2) is 5.64. The molecule has 1 aromatic rings. The van der Waals surface area contributed by atoms with Crippen molar-refractivity contribution in [3.05, 3.63) is 52.8 Å². The number of allylic oxidation sites excluding steroid dienone is 4. The molecule has 0 amide bonds. The van der Waals surface area contributed by atoms with Gasteiger partial charge in [0.15, 0.2) is 11.5 Å². The number of ketones is 2. The SMILES string of the molecule is COc1ccc2c(c1)[C@]1(C)C=CC(=O)C(C)(C)C1=C(OP(=O)(O)O)C2=O. The fourth-order valence-electron chi connectivity index (χ4n) is 3.77. The molecule has 7 nitrogen and oxygen atoms in total. The molecule has 0 bridgehead atoms. The van der Waals surface area contributed by atoms with Crippen LogP contribution in [0.4, 0.5) is 0 Å². The summed E-state index contributed by atoms with van der Waals surface area (Å²) in [5.74, 6) is -0.897. The first-order valence-corrected chi connectivity index (χ1v) is 9.42. The summed E-state index contributed by atoms with van der Waals surface area (Å²) in [5, 5.41) is 0. The average Bonchev–Trinajstić information content (AvgIpc) is 2.54. The van der Waals surface area contributed by atoms with Crippen molar-refractivity contribution in [3.63, 3.8) is 0 Å². The monoisotopic (exact) mass is 378 g/mol. The second-order valence-corrected chi connectivity index (χ2v) is 8.22. The molecule has 8 heteroatoms. The maximum Gasteiger partial charge on any atom is 0.524 e. The highest BCUT2D eigenvalue weighted by Crippen LogP contribution is 2.55. The number of rotatable bonds is 3. The third-order valence-corrected chi connectivity index (χ3v) is 5.42. The Labute approximate surface area is 150 Å². The van der Waals surface area contributed by atoms with Gasteiger partial charge in [-0.15, -0.1) is 0 Å². The molecule has 2 aliphatic rings. The van der Waals surface area contributed by atoms with Gasteiger partial charge in [0.05, 0.1) is 12.5 Å². The predicted octanol–water partition coefficient (Wildman–Crippen LogP) is 2.68. The molecule has 26 heavy (non-hydrogen) atoms. The lowest BCUT2D eigenvalue weighted by Gasteiger charge is -2.45. The van der Waals surface area contributed by atoms with Crippen molar-refractivity contribution in [2.75, 3.05) is 7.11 Å². The number of carbonyl (C=O) groups is 2. The zero-order chi connectivity index (χ0) is 19.5. The van der Waals surface area contributed by atoms with Gasteiger partial charge in [-0.2, -0.15) is 0 Å². The molecular weight excluding hydrogens is 359 g/mol. The fourth-order valence-corrected chi connectivity index (χ4v) is 4.18. The zero-order valence-electron chi connectivity index (χ0n) is 14.8. The van der Waals surface area contributed by atoms with Crippen LogP contribution in [-0.2, 0) is 19.3 Å². The highest BCUT2D eigenvalue weighted by molar-refractivity contribution is 7.46. The topological polar surface area (TPSA) is 110 Å². The van der Waals surface area contributed by atoms with Gasteiger partial charge in [-0.3, -0.25) is 19.4 Å². The summed E-state index contributed by atoms with van der Waals surface area (Å²) in [4.78, 5) is 44.1. The van der Waals surface area contributed by atoms with Gasteiger partial charge in [0.1, 0.15) is 5.75 Å². The summed E-state index contributed by atoms with van der Waals surface area (Å²) >= 11 is 0. The molecule has 0 spiro atoms. The molecule has 1 atom stereocenters. The van der Waals surface area contributed by atoms with E-state index < -0.39 is 30.2 Å². The number of benzene rings is 1. The summed E-state index contributed by atoms with van der Waals surface area (Å²) in [6, 6.07) is 4.81. The Morgan fingerprint density at radius 3 is 2.35 bits per heavy atom. The molecular formula is C18H19O7P. The molecule has 2 aliphatic carbocycles. The molecule has 0 saturated heterocycles. The Morgan fingerprint density at radius 1 is 1.12 bits per heavy atom. The number of hydrogen-bond donors (Lipinski definition) is 2. The lowest BCUT2D eigenvalue weighted by Crippen LogP contribution is -2.45. The molecule has 1 aromatic carbocycles. The third-order valence-electron chi connectivity index (χ3n) is 5.00. The Bertz CT molecular complexity index is 935. The summed E-state index contributed by atoms with van der Waals surface area (Å²) < 4.78 is 21.5. The van der Waals surface area contributed by atoms with E-state index in [0.717, 1.165) is 0 Å². The van der Waals surface area contributed by atoms with E-state index in [1.165, 1.54) is 19.3 Å². The van der Waals surface area contributed by atoms with Gasteiger partial charge >= 0.3 is 7.82 Å². The lowest BCUT2D eigenvalue weighted by atomic mass is 9.57. The number of Topliss-reactive ketones (excluding diaryl/α,β-unsaturated/α-hetero) is 1. The molecule has 0 aromatic heterocycles. The number of ether oxygens (including phenoxy) is 1. The van der Waals surface area contributed by atoms with Gasteiger partial charge in [0.2, 0.25) is 5.78 Å². The molecule has 0 heterocycles. The molecule has 0 saturated carbocycles. The first-order chi connectivity index (χ1) is 11.9. The quantitative estimate of drug-likeness (QED) is 0.778. The first kappa shape index (κ1) is 18.6. The smallest absolute Gasteiger partial charge is 0.497 e. The van der Waals surface area contributed by atoms with E-state index in [2.05, 4.69) is 0 Å². The number of phosphoric ester groups is 1. The number of fused-ring (bicyclic) bond motifs is 3.